The van der Waals surface area contributed by atoms with Crippen LogP contribution in [0.2, 0.25) is 0 Å². The zero-order chi connectivity index (χ0) is 18.0. The highest BCUT2D eigenvalue weighted by molar-refractivity contribution is 7.89. The second-order valence-electron chi connectivity index (χ2n) is 6.86. The molecular weight excluding hydrogens is 336 g/mol. The molecular formula is C19H24N2O3S. The average molecular weight is 360 g/mol. The number of nitrogens with zero attached hydrogens (tertiary/aromatic N) is 2. The van der Waals surface area contributed by atoms with Crippen molar-refractivity contribution in [1.82, 2.24) is 9.21 Å². The third-order valence-electron chi connectivity index (χ3n) is 4.80. The van der Waals surface area contributed by atoms with E-state index in [1.54, 1.807) is 23.1 Å². The minimum absolute atomic E-state index is 0.123. The van der Waals surface area contributed by atoms with Crippen LogP contribution in [0.3, 0.4) is 0 Å². The van der Waals surface area contributed by atoms with Gasteiger partial charge in [0, 0.05) is 20.1 Å². The SMILES string of the molecule is CC1CCCN(C(=O)CN(C)S(=O)(=O)c2ccc3ccccc3c2)C1. The van der Waals surface area contributed by atoms with Crippen LogP contribution >= 0.6 is 0 Å². The van der Waals surface area contributed by atoms with Crippen molar-refractivity contribution in [3.8, 4) is 0 Å². The number of benzene rings is 2. The lowest BCUT2D eigenvalue weighted by Gasteiger charge is -2.32. The van der Waals surface area contributed by atoms with Gasteiger partial charge >= 0.3 is 0 Å². The van der Waals surface area contributed by atoms with Gasteiger partial charge in [-0.1, -0.05) is 37.3 Å². The maximum atomic E-state index is 12.8. The third-order valence-corrected chi connectivity index (χ3v) is 6.60. The van der Waals surface area contributed by atoms with E-state index in [2.05, 4.69) is 6.92 Å². The van der Waals surface area contributed by atoms with Gasteiger partial charge in [0.15, 0.2) is 0 Å². The molecule has 25 heavy (non-hydrogen) atoms. The van der Waals surface area contributed by atoms with Gasteiger partial charge in [0.25, 0.3) is 0 Å². The molecule has 1 saturated heterocycles. The predicted octanol–water partition coefficient (Wildman–Crippen LogP) is 2.72. The van der Waals surface area contributed by atoms with Gasteiger partial charge in [0.05, 0.1) is 11.4 Å². The van der Waals surface area contributed by atoms with E-state index >= 15 is 0 Å². The van der Waals surface area contributed by atoms with Gasteiger partial charge in [-0.25, -0.2) is 8.42 Å². The maximum Gasteiger partial charge on any atom is 0.243 e. The predicted molar refractivity (Wildman–Crippen MR) is 98.7 cm³/mol. The van der Waals surface area contributed by atoms with Gasteiger partial charge in [-0.2, -0.15) is 4.31 Å². The van der Waals surface area contributed by atoms with Gasteiger partial charge in [-0.05, 0) is 41.7 Å². The molecule has 6 heteroatoms. The van der Waals surface area contributed by atoms with Gasteiger partial charge in [-0.3, -0.25) is 4.79 Å². The molecule has 1 atom stereocenters. The highest BCUT2D eigenvalue weighted by Crippen LogP contribution is 2.22. The first-order valence-electron chi connectivity index (χ1n) is 8.61. The molecule has 2 aromatic rings. The van der Waals surface area contributed by atoms with Gasteiger partial charge in [0.1, 0.15) is 0 Å². The lowest BCUT2D eigenvalue weighted by atomic mass is 10.0. The first-order valence-corrected chi connectivity index (χ1v) is 10.0. The highest BCUT2D eigenvalue weighted by Gasteiger charge is 2.27. The van der Waals surface area contributed by atoms with Crippen molar-refractivity contribution < 1.29 is 13.2 Å². The largest absolute Gasteiger partial charge is 0.341 e. The van der Waals surface area contributed by atoms with E-state index in [4.69, 9.17) is 0 Å². The fraction of sp³-hybridized carbons (Fsp3) is 0.421. The first kappa shape index (κ1) is 17.9. The van der Waals surface area contributed by atoms with E-state index in [-0.39, 0.29) is 17.3 Å². The van der Waals surface area contributed by atoms with E-state index < -0.39 is 10.0 Å². The van der Waals surface area contributed by atoms with Crippen LogP contribution in [-0.4, -0.2) is 50.2 Å². The molecule has 1 aliphatic rings. The Morgan fingerprint density at radius 3 is 2.64 bits per heavy atom. The van der Waals surface area contributed by atoms with E-state index in [1.807, 2.05) is 24.3 Å². The van der Waals surface area contributed by atoms with Crippen LogP contribution in [0.15, 0.2) is 47.4 Å². The number of fused-ring (bicyclic) bond motifs is 1. The summed E-state index contributed by atoms with van der Waals surface area (Å²) in [5, 5.41) is 1.86. The summed E-state index contributed by atoms with van der Waals surface area (Å²) in [5.74, 6) is 0.346. The van der Waals surface area contributed by atoms with Crippen molar-refractivity contribution in [3.05, 3.63) is 42.5 Å². The molecule has 0 spiro atoms. The molecule has 5 nitrogen and oxygen atoms in total. The molecule has 0 N–H and O–H groups in total. The zero-order valence-corrected chi connectivity index (χ0v) is 15.5. The van der Waals surface area contributed by atoms with E-state index in [0.717, 1.165) is 27.9 Å². The average Bonchev–Trinajstić information content (AvgIpc) is 2.61. The number of carbonyl (C=O) groups is 1. The molecule has 1 fully saturated rings. The molecule has 2 aromatic carbocycles. The molecule has 0 radical (unpaired) electrons. The van der Waals surface area contributed by atoms with Gasteiger partial charge in [0.2, 0.25) is 15.9 Å². The number of likely N-dealkylation sites (tertiary alicyclic amines) is 1. The normalized spacial score (nSPS) is 18.7. The van der Waals surface area contributed by atoms with Crippen LogP contribution in [0.25, 0.3) is 10.8 Å². The van der Waals surface area contributed by atoms with Gasteiger partial charge in [-0.15, -0.1) is 0 Å². The minimum atomic E-state index is -3.69. The maximum absolute atomic E-state index is 12.8. The Bertz CT molecular complexity index is 879. The first-order chi connectivity index (χ1) is 11.9. The summed E-state index contributed by atoms with van der Waals surface area (Å²) in [6.45, 7) is 3.42. The molecule has 1 aliphatic heterocycles. The van der Waals surface area contributed by atoms with Crippen molar-refractivity contribution in [3.63, 3.8) is 0 Å². The Hall–Kier alpha value is -1.92. The second kappa shape index (κ2) is 7.14. The standard InChI is InChI=1S/C19H24N2O3S/c1-15-6-5-11-21(13-15)19(22)14-20(2)25(23,24)18-10-9-16-7-3-4-8-17(16)12-18/h3-4,7-10,12,15H,5-6,11,13-14H2,1-2H3. The Morgan fingerprint density at radius 1 is 1.20 bits per heavy atom. The molecule has 1 heterocycles. The zero-order valence-electron chi connectivity index (χ0n) is 14.7. The lowest BCUT2D eigenvalue weighted by Crippen LogP contribution is -2.45. The van der Waals surface area contributed by atoms with E-state index in [1.165, 1.54) is 7.05 Å². The third kappa shape index (κ3) is 3.85. The number of sulfonamides is 1. The quantitative estimate of drug-likeness (QED) is 0.842. The number of hydrogen-bond donors (Lipinski definition) is 0. The lowest BCUT2D eigenvalue weighted by molar-refractivity contribution is -0.132. The van der Waals surface area contributed by atoms with Crippen LogP contribution < -0.4 is 0 Å². The molecule has 1 amide bonds. The van der Waals surface area contributed by atoms with Crippen molar-refractivity contribution in [2.24, 2.45) is 5.92 Å². The molecule has 1 unspecified atom stereocenters. The smallest absolute Gasteiger partial charge is 0.243 e. The van der Waals surface area contributed by atoms with Crippen molar-refractivity contribution in [1.29, 1.82) is 0 Å². The summed E-state index contributed by atoms with van der Waals surface area (Å²) < 4.78 is 26.8. The summed E-state index contributed by atoms with van der Waals surface area (Å²) in [4.78, 5) is 14.5. The number of carbonyl (C=O) groups excluding carboxylic acids is 1. The molecule has 0 saturated carbocycles. The summed E-state index contributed by atoms with van der Waals surface area (Å²) >= 11 is 0. The number of likely N-dealkylation sites (N-methyl/N-ethyl adjacent to an activating group) is 1. The van der Waals surface area contributed by atoms with Crippen LogP contribution in [0.4, 0.5) is 0 Å². The fourth-order valence-corrected chi connectivity index (χ4v) is 4.46. The summed E-state index contributed by atoms with van der Waals surface area (Å²) in [6.07, 6.45) is 2.10. The Labute approximate surface area is 149 Å². The number of hydrogen-bond acceptors (Lipinski definition) is 3. The number of rotatable bonds is 4. The van der Waals surface area contributed by atoms with Crippen LogP contribution in [0.5, 0.6) is 0 Å². The monoisotopic (exact) mass is 360 g/mol. The van der Waals surface area contributed by atoms with Crippen LogP contribution in [0, 0.1) is 5.92 Å². The van der Waals surface area contributed by atoms with Crippen LogP contribution in [-0.2, 0) is 14.8 Å². The van der Waals surface area contributed by atoms with Crippen molar-refractivity contribution >= 4 is 26.7 Å². The van der Waals surface area contributed by atoms with E-state index in [9.17, 15) is 13.2 Å². The van der Waals surface area contributed by atoms with E-state index in [0.29, 0.717) is 19.0 Å². The summed E-state index contributed by atoms with van der Waals surface area (Å²) in [6, 6.07) is 12.7. The topological polar surface area (TPSA) is 57.7 Å². The van der Waals surface area contributed by atoms with Crippen LogP contribution in [0.1, 0.15) is 19.8 Å². The Kier molecular flexibility index (Phi) is 5.11. The fourth-order valence-electron chi connectivity index (χ4n) is 3.30. The van der Waals surface area contributed by atoms with Crippen molar-refractivity contribution in [2.45, 2.75) is 24.7 Å². The summed E-state index contributed by atoms with van der Waals surface area (Å²) in [5.41, 5.74) is 0. The Morgan fingerprint density at radius 2 is 1.92 bits per heavy atom. The van der Waals surface area contributed by atoms with Gasteiger partial charge < -0.3 is 4.90 Å². The minimum Gasteiger partial charge on any atom is -0.341 e. The molecule has 0 aliphatic carbocycles. The summed E-state index contributed by atoms with van der Waals surface area (Å²) in [7, 11) is -2.22. The number of amides is 1. The Balaban J connectivity index is 1.77. The number of piperidine rings is 1. The second-order valence-corrected chi connectivity index (χ2v) is 8.90. The molecule has 0 aromatic heterocycles. The molecule has 134 valence electrons. The highest BCUT2D eigenvalue weighted by atomic mass is 32.2. The molecule has 3 rings (SSSR count). The van der Waals surface area contributed by atoms with Crippen molar-refractivity contribution in [2.75, 3.05) is 26.7 Å². The molecule has 0 bridgehead atoms.